The minimum Gasteiger partial charge on any atom is -0.394 e. The largest absolute Gasteiger partial charge is 0.394 e. The summed E-state index contributed by atoms with van der Waals surface area (Å²) in [6, 6.07) is 0. The van der Waals surface area contributed by atoms with E-state index < -0.39 is 37.3 Å². The molecule has 0 aromatic heterocycles. The van der Waals surface area contributed by atoms with Crippen molar-refractivity contribution < 1.29 is 34.7 Å². The Hall–Kier alpha value is -0.570. The molecule has 94 valence electrons. The summed E-state index contributed by atoms with van der Waals surface area (Å²) in [5.74, 6) is -2.16. The van der Waals surface area contributed by atoms with Gasteiger partial charge in [-0.1, -0.05) is 0 Å². The van der Waals surface area contributed by atoms with Gasteiger partial charge in [-0.05, 0) is 6.92 Å². The molecule has 1 heterocycles. The van der Waals surface area contributed by atoms with Gasteiger partial charge in [0.25, 0.3) is 0 Å². The standard InChI is InChI=1S/C9H16O7/c1-5(12)3-15-9(4-11)8(14)7(13)6(2-10)16-9/h6-8,10-11,13-14H,2-4H2,1H3/t6-,7+,8-,9+/m1/s1. The zero-order valence-electron chi connectivity index (χ0n) is 8.87. The molecular formula is C9H16O7. The molecule has 0 aliphatic carbocycles. The molecule has 4 atom stereocenters. The van der Waals surface area contributed by atoms with Crippen molar-refractivity contribution in [2.24, 2.45) is 0 Å². The summed E-state index contributed by atoms with van der Waals surface area (Å²) in [5.41, 5.74) is 0. The molecule has 0 radical (unpaired) electrons. The Morgan fingerprint density at radius 1 is 1.44 bits per heavy atom. The van der Waals surface area contributed by atoms with Crippen molar-refractivity contribution in [3.05, 3.63) is 0 Å². The number of rotatable bonds is 5. The molecule has 0 aromatic rings. The predicted molar refractivity (Wildman–Crippen MR) is 50.4 cm³/mol. The van der Waals surface area contributed by atoms with E-state index in [1.165, 1.54) is 6.92 Å². The van der Waals surface area contributed by atoms with Crippen molar-refractivity contribution in [2.75, 3.05) is 19.8 Å². The summed E-state index contributed by atoms with van der Waals surface area (Å²) < 4.78 is 10.0. The van der Waals surface area contributed by atoms with Crippen LogP contribution < -0.4 is 0 Å². The van der Waals surface area contributed by atoms with E-state index in [1.807, 2.05) is 0 Å². The third-order valence-corrected chi connectivity index (χ3v) is 2.43. The van der Waals surface area contributed by atoms with Crippen LogP contribution in [0.15, 0.2) is 0 Å². The molecule has 1 saturated heterocycles. The van der Waals surface area contributed by atoms with E-state index in [2.05, 4.69) is 0 Å². The van der Waals surface area contributed by atoms with Gasteiger partial charge in [-0.15, -0.1) is 0 Å². The van der Waals surface area contributed by atoms with E-state index in [9.17, 15) is 15.0 Å². The summed E-state index contributed by atoms with van der Waals surface area (Å²) in [6.07, 6.45) is -3.94. The van der Waals surface area contributed by atoms with Gasteiger partial charge in [0, 0.05) is 0 Å². The topological polar surface area (TPSA) is 116 Å². The highest BCUT2D eigenvalue weighted by Crippen LogP contribution is 2.32. The molecule has 16 heavy (non-hydrogen) atoms. The van der Waals surface area contributed by atoms with Crippen LogP contribution in [0.1, 0.15) is 6.92 Å². The van der Waals surface area contributed by atoms with Crippen LogP contribution in [0, 0.1) is 0 Å². The highest BCUT2D eigenvalue weighted by Gasteiger charge is 2.55. The number of aliphatic hydroxyl groups excluding tert-OH is 4. The van der Waals surface area contributed by atoms with Crippen LogP contribution >= 0.6 is 0 Å². The SMILES string of the molecule is CC(=O)CO[C@@]1(CO)O[C@H](CO)[C@H](O)[C@H]1O. The first-order valence-corrected chi connectivity index (χ1v) is 4.86. The summed E-state index contributed by atoms with van der Waals surface area (Å²) in [6.45, 7) is -0.340. The smallest absolute Gasteiger partial charge is 0.222 e. The molecule has 1 rings (SSSR count). The van der Waals surface area contributed by atoms with Crippen molar-refractivity contribution in [3.8, 4) is 0 Å². The fraction of sp³-hybridized carbons (Fsp3) is 0.889. The number of hydrogen-bond donors (Lipinski definition) is 4. The monoisotopic (exact) mass is 236 g/mol. The molecule has 1 fully saturated rings. The highest BCUT2D eigenvalue weighted by atomic mass is 16.7. The zero-order chi connectivity index (χ0) is 12.3. The van der Waals surface area contributed by atoms with E-state index >= 15 is 0 Å². The Morgan fingerprint density at radius 2 is 2.06 bits per heavy atom. The Morgan fingerprint density at radius 3 is 2.44 bits per heavy atom. The van der Waals surface area contributed by atoms with Gasteiger partial charge in [0.2, 0.25) is 5.79 Å². The molecule has 1 aliphatic rings. The Balaban J connectivity index is 2.75. The van der Waals surface area contributed by atoms with Gasteiger partial charge >= 0.3 is 0 Å². The molecule has 0 bridgehead atoms. The average Bonchev–Trinajstić information content (AvgIpc) is 2.51. The normalized spacial score (nSPS) is 38.9. The molecule has 0 amide bonds. The van der Waals surface area contributed by atoms with Crippen LogP contribution in [-0.2, 0) is 14.3 Å². The Kier molecular flexibility index (Phi) is 4.36. The quantitative estimate of drug-likeness (QED) is 0.413. The maximum atomic E-state index is 10.7. The lowest BCUT2D eigenvalue weighted by Crippen LogP contribution is -2.49. The zero-order valence-corrected chi connectivity index (χ0v) is 8.87. The minimum atomic E-state index is -1.85. The third-order valence-electron chi connectivity index (χ3n) is 2.43. The van der Waals surface area contributed by atoms with Crippen LogP contribution in [0.3, 0.4) is 0 Å². The molecule has 7 heteroatoms. The van der Waals surface area contributed by atoms with Crippen LogP contribution in [0.2, 0.25) is 0 Å². The van der Waals surface area contributed by atoms with E-state index in [0.717, 1.165) is 0 Å². The van der Waals surface area contributed by atoms with Crippen molar-refractivity contribution >= 4 is 5.78 Å². The van der Waals surface area contributed by atoms with Crippen molar-refractivity contribution in [3.63, 3.8) is 0 Å². The Bertz CT molecular complexity index is 256. The number of hydrogen-bond acceptors (Lipinski definition) is 7. The molecule has 4 N–H and O–H groups in total. The van der Waals surface area contributed by atoms with Gasteiger partial charge in [-0.3, -0.25) is 4.79 Å². The second kappa shape index (κ2) is 5.17. The van der Waals surface area contributed by atoms with Crippen molar-refractivity contribution in [1.82, 2.24) is 0 Å². The number of carbonyl (C=O) groups excluding carboxylic acids is 1. The minimum absolute atomic E-state index is 0.314. The van der Waals surface area contributed by atoms with Gasteiger partial charge in [-0.25, -0.2) is 0 Å². The molecule has 1 aliphatic heterocycles. The lowest BCUT2D eigenvalue weighted by Gasteiger charge is -2.29. The number of carbonyl (C=O) groups is 1. The third kappa shape index (κ3) is 2.40. The molecule has 0 unspecified atom stereocenters. The van der Waals surface area contributed by atoms with E-state index in [1.54, 1.807) is 0 Å². The lowest BCUT2D eigenvalue weighted by molar-refractivity contribution is -0.272. The van der Waals surface area contributed by atoms with Gasteiger partial charge in [0.15, 0.2) is 5.78 Å². The van der Waals surface area contributed by atoms with E-state index in [0.29, 0.717) is 0 Å². The summed E-state index contributed by atoms with van der Waals surface area (Å²) >= 11 is 0. The van der Waals surface area contributed by atoms with Gasteiger partial charge < -0.3 is 29.9 Å². The first-order valence-electron chi connectivity index (χ1n) is 4.86. The highest BCUT2D eigenvalue weighted by molar-refractivity contribution is 5.76. The van der Waals surface area contributed by atoms with E-state index in [4.69, 9.17) is 19.7 Å². The number of ether oxygens (including phenoxy) is 2. The maximum absolute atomic E-state index is 10.7. The second-order valence-corrected chi connectivity index (χ2v) is 3.73. The first kappa shape index (κ1) is 13.5. The molecule has 0 aromatic carbocycles. The number of aliphatic hydroxyl groups is 4. The first-order chi connectivity index (χ1) is 7.46. The average molecular weight is 236 g/mol. The van der Waals surface area contributed by atoms with Crippen molar-refractivity contribution in [1.29, 1.82) is 0 Å². The van der Waals surface area contributed by atoms with Crippen LogP contribution in [0.25, 0.3) is 0 Å². The van der Waals surface area contributed by atoms with Gasteiger partial charge in [0.1, 0.15) is 31.5 Å². The fourth-order valence-corrected chi connectivity index (χ4v) is 1.52. The molecule has 0 spiro atoms. The summed E-state index contributed by atoms with van der Waals surface area (Å²) in [5, 5.41) is 37.1. The molecular weight excluding hydrogens is 220 g/mol. The number of Topliss-reactive ketones (excluding diaryl/α,β-unsaturated/α-hetero) is 1. The summed E-state index contributed by atoms with van der Waals surface area (Å²) in [7, 11) is 0. The lowest BCUT2D eigenvalue weighted by atomic mass is 10.1. The van der Waals surface area contributed by atoms with Crippen LogP contribution in [0.5, 0.6) is 0 Å². The fourth-order valence-electron chi connectivity index (χ4n) is 1.52. The molecule has 7 nitrogen and oxygen atoms in total. The van der Waals surface area contributed by atoms with Crippen LogP contribution in [-0.4, -0.2) is 70.1 Å². The van der Waals surface area contributed by atoms with E-state index in [-0.39, 0.29) is 12.4 Å². The van der Waals surface area contributed by atoms with Gasteiger partial charge in [-0.2, -0.15) is 0 Å². The Labute approximate surface area is 92.2 Å². The summed E-state index contributed by atoms with van der Waals surface area (Å²) in [4.78, 5) is 10.7. The van der Waals surface area contributed by atoms with Crippen molar-refractivity contribution in [2.45, 2.75) is 31.0 Å². The maximum Gasteiger partial charge on any atom is 0.222 e. The number of ketones is 1. The predicted octanol–water partition coefficient (Wildman–Crippen LogP) is -2.61. The van der Waals surface area contributed by atoms with Gasteiger partial charge in [0.05, 0.1) is 6.61 Å². The van der Waals surface area contributed by atoms with Crippen LogP contribution in [0.4, 0.5) is 0 Å². The molecule has 0 saturated carbocycles. The second-order valence-electron chi connectivity index (χ2n) is 3.73.